The van der Waals surface area contributed by atoms with E-state index in [0.29, 0.717) is 12.3 Å². The van der Waals surface area contributed by atoms with E-state index in [-0.39, 0.29) is 34.0 Å². The Morgan fingerprint density at radius 2 is 1.42 bits per heavy atom. The fourth-order valence-corrected chi connectivity index (χ4v) is 13.2. The third kappa shape index (κ3) is 7.83. The average Bonchev–Trinajstić information content (AvgIpc) is 3.52. The van der Waals surface area contributed by atoms with E-state index < -0.39 is 98.2 Å². The number of carbonyl (C=O) groups excluding carboxylic acids is 1. The molecule has 0 bridgehead atoms. The fourth-order valence-electron chi connectivity index (χ4n) is 13.2. The molecule has 0 amide bonds. The maximum absolute atomic E-state index is 12.2. The zero-order chi connectivity index (χ0) is 42.0. The van der Waals surface area contributed by atoms with Crippen LogP contribution in [0.25, 0.3) is 0 Å². The monoisotopic (exact) mass is 808 g/mol. The van der Waals surface area contributed by atoms with Gasteiger partial charge in [0.1, 0.15) is 55.4 Å². The zero-order valence-corrected chi connectivity index (χ0v) is 35.4. The number of hydrogen-bond donors (Lipinski definition) is 7. The molecule has 0 aromatic rings. The van der Waals surface area contributed by atoms with Crippen molar-refractivity contribution in [3.8, 4) is 0 Å². The summed E-state index contributed by atoms with van der Waals surface area (Å²) in [5, 5.41) is 76.6. The molecular formula is C44H72O13. The molecule has 0 aromatic carbocycles. The number of ether oxygens (including phenoxy) is 5. The van der Waals surface area contributed by atoms with E-state index in [2.05, 4.69) is 61.1 Å². The molecule has 0 radical (unpaired) electrons. The fraction of sp³-hybridized carbons (Fsp3) is 0.886. The van der Waals surface area contributed by atoms with Crippen LogP contribution in [0.3, 0.4) is 0 Å². The SMILES string of the molecule is C=C(CCC=C(C)C)[C@H]1CC[C@]2(C)C1[C@H](O)CC1[C@@]3(C)CCC(O[C@@H]4O[C@H](CO)[C@@H](O)[C@H](O)[C@H]4O[C@@H]4O[C@H](COC(C)=O)[C@@H](O)[C@H](O)[C@H]4O)C(C)(C)[C@@H]3CC[C@]12C. The van der Waals surface area contributed by atoms with Crippen molar-refractivity contribution in [1.29, 1.82) is 0 Å². The Hall–Kier alpha value is -1.49. The number of esters is 1. The summed E-state index contributed by atoms with van der Waals surface area (Å²) in [5.41, 5.74) is 2.04. The topological polar surface area (TPSA) is 205 Å². The minimum absolute atomic E-state index is 0.0210. The van der Waals surface area contributed by atoms with E-state index in [1.165, 1.54) is 18.1 Å². The number of rotatable bonds is 11. The van der Waals surface area contributed by atoms with Gasteiger partial charge < -0.3 is 59.4 Å². The molecule has 6 fully saturated rings. The van der Waals surface area contributed by atoms with Gasteiger partial charge in [-0.15, -0.1) is 0 Å². The van der Waals surface area contributed by atoms with Crippen molar-refractivity contribution in [3.63, 3.8) is 0 Å². The van der Waals surface area contributed by atoms with Gasteiger partial charge in [-0.1, -0.05) is 58.4 Å². The van der Waals surface area contributed by atoms with E-state index >= 15 is 0 Å². The first-order valence-electron chi connectivity index (χ1n) is 21.4. The molecule has 6 rings (SSSR count). The summed E-state index contributed by atoms with van der Waals surface area (Å²) in [6.45, 7) is 20.7. The summed E-state index contributed by atoms with van der Waals surface area (Å²) < 4.78 is 29.7. The first-order valence-corrected chi connectivity index (χ1v) is 21.4. The molecule has 2 saturated heterocycles. The molecule has 4 saturated carbocycles. The minimum Gasteiger partial charge on any atom is -0.463 e. The average molecular weight is 809 g/mol. The third-order valence-electron chi connectivity index (χ3n) is 16.4. The van der Waals surface area contributed by atoms with Gasteiger partial charge in [0.15, 0.2) is 12.6 Å². The molecule has 13 nitrogen and oxygen atoms in total. The highest BCUT2D eigenvalue weighted by molar-refractivity contribution is 5.65. The van der Waals surface area contributed by atoms with Crippen molar-refractivity contribution in [1.82, 2.24) is 0 Å². The maximum atomic E-state index is 12.2. The van der Waals surface area contributed by atoms with Gasteiger partial charge in [0.05, 0.1) is 18.8 Å². The predicted octanol–water partition coefficient (Wildman–Crippen LogP) is 3.53. The normalized spacial score (nSPS) is 49.2. The minimum atomic E-state index is -1.78. The lowest BCUT2D eigenvalue weighted by atomic mass is 9.35. The van der Waals surface area contributed by atoms with Crippen LogP contribution in [0.5, 0.6) is 0 Å². The first kappa shape index (κ1) is 45.0. The van der Waals surface area contributed by atoms with Gasteiger partial charge in [0, 0.05) is 6.92 Å². The van der Waals surface area contributed by atoms with Gasteiger partial charge in [-0.25, -0.2) is 0 Å². The standard InChI is InChI=1S/C44H72O13/c1-22(2)11-10-12-23(3)25-13-17-44(9)32(25)26(47)19-30-42(7)16-15-31(41(5,6)29(42)14-18-43(30,44)8)56-40-38(36(51)33(48)27(20-45)54-40)57-39-37(52)35(50)34(49)28(55-39)21-53-24(4)46/h11,25-40,45,47-52H,3,10,12-21H2,1-2,4-9H3/t25-,26-,27-,28-,29+,30?,31?,32?,33-,34-,35+,36+,37-,38-,39+,40+,42+,43-,44-/m1/s1. The lowest BCUT2D eigenvalue weighted by molar-refractivity contribution is -0.378. The van der Waals surface area contributed by atoms with Crippen molar-refractivity contribution in [2.24, 2.45) is 45.3 Å². The van der Waals surface area contributed by atoms with Crippen LogP contribution < -0.4 is 0 Å². The van der Waals surface area contributed by atoms with Gasteiger partial charge in [-0.05, 0) is 117 Å². The molecule has 2 heterocycles. The summed E-state index contributed by atoms with van der Waals surface area (Å²) in [5.74, 6) is 0.343. The van der Waals surface area contributed by atoms with Crippen LogP contribution in [0, 0.1) is 45.3 Å². The molecule has 3 unspecified atom stereocenters. The highest BCUT2D eigenvalue weighted by Gasteiger charge is 2.70. The van der Waals surface area contributed by atoms with E-state index in [9.17, 15) is 40.5 Å². The molecule has 4 aliphatic carbocycles. The number of fused-ring (bicyclic) bond motifs is 5. The summed E-state index contributed by atoms with van der Waals surface area (Å²) in [7, 11) is 0. The van der Waals surface area contributed by atoms with Crippen molar-refractivity contribution in [2.75, 3.05) is 13.2 Å². The van der Waals surface area contributed by atoms with Gasteiger partial charge >= 0.3 is 5.97 Å². The Balaban J connectivity index is 1.21. The largest absolute Gasteiger partial charge is 0.463 e. The van der Waals surface area contributed by atoms with Gasteiger partial charge in [0.25, 0.3) is 0 Å². The maximum Gasteiger partial charge on any atom is 0.302 e. The van der Waals surface area contributed by atoms with E-state index in [1.807, 2.05) is 0 Å². The van der Waals surface area contributed by atoms with Crippen molar-refractivity contribution in [2.45, 2.75) is 187 Å². The van der Waals surface area contributed by atoms with Crippen LogP contribution in [0.4, 0.5) is 0 Å². The van der Waals surface area contributed by atoms with Crippen molar-refractivity contribution < 1.29 is 64.2 Å². The summed E-state index contributed by atoms with van der Waals surface area (Å²) in [4.78, 5) is 11.5. The van der Waals surface area contributed by atoms with Crippen LogP contribution in [-0.2, 0) is 28.5 Å². The highest BCUT2D eigenvalue weighted by atomic mass is 16.8. The van der Waals surface area contributed by atoms with Gasteiger partial charge in [-0.2, -0.15) is 0 Å². The molecule has 0 aromatic heterocycles. The Kier molecular flexibility index (Phi) is 13.2. The zero-order valence-electron chi connectivity index (χ0n) is 35.4. The van der Waals surface area contributed by atoms with Crippen molar-refractivity contribution in [3.05, 3.63) is 23.8 Å². The number of allylic oxidation sites excluding steroid dienone is 3. The summed E-state index contributed by atoms with van der Waals surface area (Å²) >= 11 is 0. The number of hydrogen-bond acceptors (Lipinski definition) is 13. The lowest BCUT2D eigenvalue weighted by Crippen LogP contribution is -2.67. The number of aliphatic hydroxyl groups is 7. The quantitative estimate of drug-likeness (QED) is 0.0909. The predicted molar refractivity (Wildman–Crippen MR) is 209 cm³/mol. The molecule has 0 spiro atoms. The second-order valence-corrected chi connectivity index (χ2v) is 20.0. The third-order valence-corrected chi connectivity index (χ3v) is 16.4. The van der Waals surface area contributed by atoms with E-state index in [0.717, 1.165) is 51.4 Å². The summed E-state index contributed by atoms with van der Waals surface area (Å²) in [6, 6.07) is 0. The molecule has 13 heteroatoms. The molecular weight excluding hydrogens is 736 g/mol. The summed E-state index contributed by atoms with van der Waals surface area (Å²) in [6.07, 6.45) is -5.52. The molecule has 19 atom stereocenters. The van der Waals surface area contributed by atoms with Gasteiger partial charge in [-0.3, -0.25) is 4.79 Å². The Labute approximate surface area is 338 Å². The molecule has 2 aliphatic heterocycles. The van der Waals surface area contributed by atoms with Crippen LogP contribution >= 0.6 is 0 Å². The van der Waals surface area contributed by atoms with Gasteiger partial charge in [0.2, 0.25) is 0 Å². The van der Waals surface area contributed by atoms with E-state index in [1.54, 1.807) is 0 Å². The first-order chi connectivity index (χ1) is 26.6. The van der Waals surface area contributed by atoms with Crippen molar-refractivity contribution >= 4 is 5.97 Å². The van der Waals surface area contributed by atoms with Crippen LogP contribution in [-0.4, -0.2) is 129 Å². The second-order valence-electron chi connectivity index (χ2n) is 20.0. The molecule has 57 heavy (non-hydrogen) atoms. The Bertz CT molecular complexity index is 1480. The Morgan fingerprint density at radius 1 is 0.772 bits per heavy atom. The second kappa shape index (κ2) is 16.8. The van der Waals surface area contributed by atoms with Crippen LogP contribution in [0.15, 0.2) is 23.8 Å². The molecule has 326 valence electrons. The smallest absolute Gasteiger partial charge is 0.302 e. The molecule has 7 N–H and O–H groups in total. The lowest BCUT2D eigenvalue weighted by Gasteiger charge is -2.70. The molecule has 6 aliphatic rings. The number of carbonyl (C=O) groups is 1. The van der Waals surface area contributed by atoms with E-state index in [4.69, 9.17) is 23.7 Å². The highest BCUT2D eigenvalue weighted by Crippen LogP contribution is 2.75. The van der Waals surface area contributed by atoms with Crippen LogP contribution in [0.1, 0.15) is 113 Å². The van der Waals surface area contributed by atoms with Crippen LogP contribution in [0.2, 0.25) is 0 Å². The number of aliphatic hydroxyl groups excluding tert-OH is 7. The Morgan fingerprint density at radius 3 is 2.07 bits per heavy atom.